The summed E-state index contributed by atoms with van der Waals surface area (Å²) >= 11 is 15.3. The molecule has 0 aliphatic carbocycles. The van der Waals surface area contributed by atoms with Crippen LogP contribution in [0.1, 0.15) is 0 Å². The molecule has 0 fully saturated rings. The van der Waals surface area contributed by atoms with Crippen LogP contribution in [0.2, 0.25) is 10.0 Å². The topological polar surface area (TPSA) is 66.4 Å². The van der Waals surface area contributed by atoms with Gasteiger partial charge in [0.25, 0.3) is 5.43 Å². The van der Waals surface area contributed by atoms with Crippen LogP contribution in [-0.4, -0.2) is 5.11 Å². The highest BCUT2D eigenvalue weighted by molar-refractivity contribution is 7.80. The number of anilines is 2. The molecule has 0 aromatic heterocycles. The SMILES string of the molecule is O=c1c(Cl)c(Nc2ccc(Cl)c(S)c2O)c1=O. The fourth-order valence-electron chi connectivity index (χ4n) is 1.27. The summed E-state index contributed by atoms with van der Waals surface area (Å²) < 4.78 is 0. The van der Waals surface area contributed by atoms with E-state index < -0.39 is 10.9 Å². The number of phenolic OH excluding ortho intramolecular Hbond substituents is 1. The van der Waals surface area contributed by atoms with Crippen LogP contribution in [0.5, 0.6) is 5.75 Å². The van der Waals surface area contributed by atoms with E-state index in [9.17, 15) is 14.7 Å². The Bertz CT molecular complexity index is 677. The number of hydrogen-bond acceptors (Lipinski definition) is 5. The molecule has 0 saturated carbocycles. The number of rotatable bonds is 2. The Hall–Kier alpha value is -1.17. The normalized spacial score (nSPS) is 10.8. The van der Waals surface area contributed by atoms with Crippen LogP contribution in [-0.2, 0) is 0 Å². The third-order valence-electron chi connectivity index (χ3n) is 2.21. The Morgan fingerprint density at radius 3 is 2.41 bits per heavy atom. The van der Waals surface area contributed by atoms with Crippen molar-refractivity contribution < 1.29 is 5.11 Å². The van der Waals surface area contributed by atoms with Gasteiger partial charge in [-0.25, -0.2) is 0 Å². The van der Waals surface area contributed by atoms with Crippen LogP contribution in [0, 0.1) is 0 Å². The lowest BCUT2D eigenvalue weighted by atomic mass is 10.2. The maximum Gasteiger partial charge on any atom is 0.252 e. The molecule has 0 atom stereocenters. The van der Waals surface area contributed by atoms with E-state index in [1.165, 1.54) is 12.1 Å². The van der Waals surface area contributed by atoms with Crippen molar-refractivity contribution in [1.29, 1.82) is 0 Å². The van der Waals surface area contributed by atoms with Crippen LogP contribution in [0.15, 0.2) is 26.6 Å². The molecular formula is C10H5Cl2NO3S. The maximum atomic E-state index is 11.2. The highest BCUT2D eigenvalue weighted by Gasteiger charge is 2.20. The van der Waals surface area contributed by atoms with Gasteiger partial charge in [-0.1, -0.05) is 23.2 Å². The second-order valence-electron chi connectivity index (χ2n) is 3.26. The summed E-state index contributed by atoms with van der Waals surface area (Å²) in [6.07, 6.45) is 0. The zero-order chi connectivity index (χ0) is 12.7. The summed E-state index contributed by atoms with van der Waals surface area (Å²) in [5, 5.41) is 12.4. The molecule has 0 amide bonds. The molecule has 0 bridgehead atoms. The fourth-order valence-corrected chi connectivity index (χ4v) is 1.83. The van der Waals surface area contributed by atoms with Gasteiger partial charge in [-0.15, -0.1) is 12.6 Å². The van der Waals surface area contributed by atoms with Gasteiger partial charge in [0.15, 0.2) is 5.75 Å². The molecule has 0 aliphatic rings. The highest BCUT2D eigenvalue weighted by Crippen LogP contribution is 2.37. The first kappa shape index (κ1) is 12.3. The first-order valence-electron chi connectivity index (χ1n) is 4.39. The molecule has 2 aromatic carbocycles. The highest BCUT2D eigenvalue weighted by atomic mass is 35.5. The fraction of sp³-hybridized carbons (Fsp3) is 0. The third kappa shape index (κ3) is 1.90. The van der Waals surface area contributed by atoms with E-state index in [-0.39, 0.29) is 32.1 Å². The number of hydrogen-bond donors (Lipinski definition) is 3. The Balaban J connectivity index is 2.42. The second kappa shape index (κ2) is 4.25. The molecule has 0 aliphatic heterocycles. The minimum absolute atomic E-state index is 0.0398. The maximum absolute atomic E-state index is 11.2. The van der Waals surface area contributed by atoms with Gasteiger partial charge in [0.1, 0.15) is 10.7 Å². The van der Waals surface area contributed by atoms with Crippen LogP contribution < -0.4 is 16.2 Å². The van der Waals surface area contributed by atoms with Crippen LogP contribution in [0.25, 0.3) is 0 Å². The van der Waals surface area contributed by atoms with Crippen molar-refractivity contribution in [1.82, 2.24) is 0 Å². The van der Waals surface area contributed by atoms with Gasteiger partial charge < -0.3 is 10.4 Å². The van der Waals surface area contributed by atoms with Gasteiger partial charge in [0.2, 0.25) is 5.43 Å². The second-order valence-corrected chi connectivity index (χ2v) is 4.50. The van der Waals surface area contributed by atoms with Crippen LogP contribution in [0.4, 0.5) is 11.4 Å². The van der Waals surface area contributed by atoms with E-state index in [2.05, 4.69) is 17.9 Å². The number of thiol groups is 1. The van der Waals surface area contributed by atoms with Crippen molar-refractivity contribution in [2.75, 3.05) is 5.32 Å². The summed E-state index contributed by atoms with van der Waals surface area (Å²) in [4.78, 5) is 22.2. The minimum Gasteiger partial charge on any atom is -0.505 e. The van der Waals surface area contributed by atoms with Crippen molar-refractivity contribution in [2.24, 2.45) is 0 Å². The van der Waals surface area contributed by atoms with E-state index in [0.717, 1.165) is 0 Å². The number of phenols is 1. The van der Waals surface area contributed by atoms with E-state index in [1.54, 1.807) is 0 Å². The van der Waals surface area contributed by atoms with E-state index in [1.807, 2.05) is 0 Å². The van der Waals surface area contributed by atoms with Gasteiger partial charge in [-0.05, 0) is 12.1 Å². The van der Waals surface area contributed by atoms with E-state index in [0.29, 0.717) is 0 Å². The standard InChI is InChI=1S/C10H5Cl2NO3S/c11-3-1-2-4(7(14)10(3)17)13-6-5(12)8(15)9(6)16/h1-2,13-14,17H. The lowest BCUT2D eigenvalue weighted by molar-refractivity contribution is 0.465. The predicted octanol–water partition coefficient (Wildman–Crippen LogP) is 2.33. The molecule has 7 heteroatoms. The monoisotopic (exact) mass is 289 g/mol. The molecule has 0 heterocycles. The molecular weight excluding hydrogens is 285 g/mol. The Morgan fingerprint density at radius 2 is 1.82 bits per heavy atom. The number of nitrogens with one attached hydrogen (secondary N) is 1. The summed E-state index contributed by atoms with van der Waals surface area (Å²) in [6.45, 7) is 0. The summed E-state index contributed by atoms with van der Waals surface area (Å²) in [5.41, 5.74) is -1.30. The number of benzene rings is 1. The van der Waals surface area contributed by atoms with Crippen molar-refractivity contribution in [3.05, 3.63) is 42.6 Å². The summed E-state index contributed by atoms with van der Waals surface area (Å²) in [7, 11) is 0. The third-order valence-corrected chi connectivity index (χ3v) is 3.47. The zero-order valence-corrected chi connectivity index (χ0v) is 10.5. The first-order chi connectivity index (χ1) is 7.93. The molecule has 0 spiro atoms. The molecule has 0 saturated heterocycles. The Kier molecular flexibility index (Phi) is 3.07. The Labute approximate surface area is 111 Å². The van der Waals surface area contributed by atoms with Gasteiger partial charge in [0.05, 0.1) is 15.6 Å². The molecule has 0 radical (unpaired) electrons. The van der Waals surface area contributed by atoms with Crippen LogP contribution >= 0.6 is 35.8 Å². The quantitative estimate of drug-likeness (QED) is 0.451. The number of halogens is 2. The van der Waals surface area contributed by atoms with Crippen molar-refractivity contribution in [3.8, 4) is 5.75 Å². The van der Waals surface area contributed by atoms with Crippen molar-refractivity contribution >= 4 is 47.2 Å². The van der Waals surface area contributed by atoms with Crippen LogP contribution in [0.3, 0.4) is 0 Å². The first-order valence-corrected chi connectivity index (χ1v) is 5.60. The molecule has 2 rings (SSSR count). The average Bonchev–Trinajstić information content (AvgIpc) is 2.34. The van der Waals surface area contributed by atoms with E-state index >= 15 is 0 Å². The largest absolute Gasteiger partial charge is 0.505 e. The average molecular weight is 290 g/mol. The Morgan fingerprint density at radius 1 is 1.18 bits per heavy atom. The molecule has 2 aromatic rings. The zero-order valence-electron chi connectivity index (χ0n) is 8.12. The van der Waals surface area contributed by atoms with Gasteiger partial charge in [-0.3, -0.25) is 9.59 Å². The van der Waals surface area contributed by atoms with Gasteiger partial charge >= 0.3 is 0 Å². The van der Waals surface area contributed by atoms with Crippen molar-refractivity contribution in [3.63, 3.8) is 0 Å². The van der Waals surface area contributed by atoms with Crippen molar-refractivity contribution in [2.45, 2.75) is 4.90 Å². The summed E-state index contributed by atoms with van der Waals surface area (Å²) in [6, 6.07) is 2.94. The lowest BCUT2D eigenvalue weighted by Gasteiger charge is -2.12. The number of aromatic hydroxyl groups is 1. The molecule has 88 valence electrons. The molecule has 17 heavy (non-hydrogen) atoms. The minimum atomic E-state index is -0.742. The predicted molar refractivity (Wildman–Crippen MR) is 70.0 cm³/mol. The van der Waals surface area contributed by atoms with E-state index in [4.69, 9.17) is 23.2 Å². The summed E-state index contributed by atoms with van der Waals surface area (Å²) in [5.74, 6) is -0.218. The smallest absolute Gasteiger partial charge is 0.252 e. The lowest BCUT2D eigenvalue weighted by Crippen LogP contribution is -2.33. The molecule has 4 nitrogen and oxygen atoms in total. The molecule has 0 unspecified atom stereocenters. The van der Waals surface area contributed by atoms with Gasteiger partial charge in [-0.2, -0.15) is 0 Å². The molecule has 2 N–H and O–H groups in total. The van der Waals surface area contributed by atoms with Gasteiger partial charge in [0, 0.05) is 0 Å².